The molecule has 1 atom stereocenters. The van der Waals surface area contributed by atoms with Crippen LogP contribution in [0.4, 0.5) is 4.39 Å². The van der Waals surface area contributed by atoms with E-state index in [0.717, 1.165) is 45.7 Å². The van der Waals surface area contributed by atoms with Gasteiger partial charge in [-0.3, -0.25) is 15.5 Å². The predicted octanol–water partition coefficient (Wildman–Crippen LogP) is 7.20. The molecule has 5 nitrogen and oxygen atoms in total. The van der Waals surface area contributed by atoms with E-state index in [1.807, 2.05) is 56.5 Å². The van der Waals surface area contributed by atoms with Gasteiger partial charge in [-0.25, -0.2) is 4.39 Å². The van der Waals surface area contributed by atoms with Crippen molar-refractivity contribution in [1.29, 1.82) is 0 Å². The van der Waals surface area contributed by atoms with Crippen molar-refractivity contribution in [2.45, 2.75) is 33.6 Å². The van der Waals surface area contributed by atoms with Crippen molar-refractivity contribution in [2.24, 2.45) is 10.5 Å². The number of hydrogen-bond donors (Lipinski definition) is 1. The summed E-state index contributed by atoms with van der Waals surface area (Å²) in [6, 6.07) is 24.3. The number of nitrogens with two attached hydrogens (primary N) is 1. The first-order valence-corrected chi connectivity index (χ1v) is 15.2. The smallest absolute Gasteiger partial charge is 0.173 e. The molecule has 4 rings (SSSR count). The van der Waals surface area contributed by atoms with Gasteiger partial charge in [0.25, 0.3) is 0 Å². The van der Waals surface area contributed by atoms with Gasteiger partial charge >= 0.3 is 0 Å². The first-order chi connectivity index (χ1) is 18.8. The second-order valence-electron chi connectivity index (χ2n) is 9.48. The summed E-state index contributed by atoms with van der Waals surface area (Å²) in [5.41, 5.74) is 12.3. The van der Waals surface area contributed by atoms with Gasteiger partial charge < -0.3 is 9.30 Å². The standard InChI is InChI=1S/C32H35FN3O2P/c1-4-19-38-30-16-11-24(20-29(30)25-9-7-6-8-10-25)22-35-18-17-28-21-31(39(34,37)5-2)23(3)32(36-28)26-12-14-27(33)15-13-26/h6-16,20-22H,4-5,17-19H2,1-3H3,(H2,34,37). The first-order valence-electron chi connectivity index (χ1n) is 13.3. The van der Waals surface area contributed by atoms with E-state index in [4.69, 9.17) is 15.2 Å². The summed E-state index contributed by atoms with van der Waals surface area (Å²) in [7, 11) is -3.05. The van der Waals surface area contributed by atoms with Crippen LogP contribution in [0.3, 0.4) is 0 Å². The Morgan fingerprint density at radius 1 is 1.00 bits per heavy atom. The molecule has 4 aromatic rings. The molecule has 39 heavy (non-hydrogen) atoms. The van der Waals surface area contributed by atoms with Gasteiger partial charge in [0.05, 0.1) is 12.3 Å². The topological polar surface area (TPSA) is 77.6 Å². The van der Waals surface area contributed by atoms with E-state index >= 15 is 0 Å². The summed E-state index contributed by atoms with van der Waals surface area (Å²) in [5.74, 6) is 0.535. The summed E-state index contributed by atoms with van der Waals surface area (Å²) in [4.78, 5) is 9.49. The minimum Gasteiger partial charge on any atom is -0.493 e. The molecule has 1 unspecified atom stereocenters. The van der Waals surface area contributed by atoms with Crippen LogP contribution in [0.15, 0.2) is 83.9 Å². The van der Waals surface area contributed by atoms with E-state index in [0.29, 0.717) is 36.7 Å². The number of ether oxygens (including phenoxy) is 1. The molecule has 0 radical (unpaired) electrons. The molecule has 0 spiro atoms. The lowest BCUT2D eigenvalue weighted by molar-refractivity contribution is 0.318. The van der Waals surface area contributed by atoms with Gasteiger partial charge in [0, 0.05) is 47.5 Å². The third kappa shape index (κ3) is 7.08. The van der Waals surface area contributed by atoms with E-state index in [9.17, 15) is 8.96 Å². The highest BCUT2D eigenvalue weighted by Gasteiger charge is 2.23. The maximum Gasteiger partial charge on any atom is 0.173 e. The quantitative estimate of drug-likeness (QED) is 0.160. The highest BCUT2D eigenvalue weighted by atomic mass is 31.2. The molecule has 1 aromatic heterocycles. The van der Waals surface area contributed by atoms with Crippen LogP contribution in [0.25, 0.3) is 22.4 Å². The molecule has 0 saturated heterocycles. The van der Waals surface area contributed by atoms with E-state index in [1.165, 1.54) is 12.1 Å². The monoisotopic (exact) mass is 543 g/mol. The van der Waals surface area contributed by atoms with Crippen molar-refractivity contribution in [1.82, 2.24) is 4.98 Å². The number of halogens is 1. The lowest BCUT2D eigenvalue weighted by atomic mass is 10.0. The van der Waals surface area contributed by atoms with Crippen molar-refractivity contribution in [2.75, 3.05) is 19.3 Å². The largest absolute Gasteiger partial charge is 0.493 e. The van der Waals surface area contributed by atoms with Crippen LogP contribution in [0, 0.1) is 12.7 Å². The molecular formula is C32H35FN3O2P. The van der Waals surface area contributed by atoms with Crippen LogP contribution in [0.5, 0.6) is 5.75 Å². The Balaban J connectivity index is 1.58. The van der Waals surface area contributed by atoms with Crippen molar-refractivity contribution in [3.8, 4) is 28.1 Å². The van der Waals surface area contributed by atoms with Crippen LogP contribution in [0.1, 0.15) is 37.1 Å². The fourth-order valence-corrected chi connectivity index (χ4v) is 5.77. The Labute approximate surface area is 230 Å². The van der Waals surface area contributed by atoms with Crippen LogP contribution in [0.2, 0.25) is 0 Å². The lowest BCUT2D eigenvalue weighted by Gasteiger charge is -2.18. The van der Waals surface area contributed by atoms with E-state index < -0.39 is 7.29 Å². The average Bonchev–Trinajstić information content (AvgIpc) is 2.96. The van der Waals surface area contributed by atoms with Gasteiger partial charge in [-0.2, -0.15) is 0 Å². The Kier molecular flexibility index (Phi) is 9.45. The minimum absolute atomic E-state index is 0.319. The summed E-state index contributed by atoms with van der Waals surface area (Å²) in [6.45, 7) is 6.94. The third-order valence-corrected chi connectivity index (χ3v) is 8.80. The van der Waals surface area contributed by atoms with Crippen LogP contribution in [-0.2, 0) is 11.0 Å². The van der Waals surface area contributed by atoms with Crippen molar-refractivity contribution in [3.63, 3.8) is 0 Å². The summed E-state index contributed by atoms with van der Waals surface area (Å²) >= 11 is 0. The van der Waals surface area contributed by atoms with E-state index in [1.54, 1.807) is 12.1 Å². The molecule has 2 N–H and O–H groups in total. The molecule has 0 aliphatic carbocycles. The Morgan fingerprint density at radius 3 is 2.44 bits per heavy atom. The molecule has 3 aromatic carbocycles. The normalized spacial score (nSPS) is 12.9. The summed E-state index contributed by atoms with van der Waals surface area (Å²) in [5, 5.41) is 0.619. The predicted molar refractivity (Wildman–Crippen MR) is 160 cm³/mol. The second kappa shape index (κ2) is 13.0. The molecule has 1 heterocycles. The van der Waals surface area contributed by atoms with E-state index in [-0.39, 0.29) is 5.82 Å². The zero-order valence-corrected chi connectivity index (χ0v) is 23.6. The third-order valence-electron chi connectivity index (χ3n) is 6.58. The highest BCUT2D eigenvalue weighted by molar-refractivity contribution is 7.69. The highest BCUT2D eigenvalue weighted by Crippen LogP contribution is 2.38. The molecule has 0 aliphatic rings. The van der Waals surface area contributed by atoms with Gasteiger partial charge in [-0.1, -0.05) is 44.2 Å². The van der Waals surface area contributed by atoms with Gasteiger partial charge in [-0.15, -0.1) is 0 Å². The number of aromatic nitrogens is 1. The van der Waals surface area contributed by atoms with Crippen LogP contribution < -0.4 is 15.5 Å². The summed E-state index contributed by atoms with van der Waals surface area (Å²) in [6.07, 6.45) is 3.68. The second-order valence-corrected chi connectivity index (χ2v) is 12.2. The molecule has 7 heteroatoms. The molecule has 0 saturated carbocycles. The number of rotatable bonds is 11. The average molecular weight is 544 g/mol. The Bertz CT molecular complexity index is 1490. The Hall–Kier alpha value is -3.60. The van der Waals surface area contributed by atoms with Crippen molar-refractivity contribution < 1.29 is 13.7 Å². The fraction of sp³-hybridized carbons (Fsp3) is 0.250. The van der Waals surface area contributed by atoms with Crippen molar-refractivity contribution >= 4 is 18.8 Å². The maximum absolute atomic E-state index is 13.5. The summed E-state index contributed by atoms with van der Waals surface area (Å²) < 4.78 is 32.7. The van der Waals surface area contributed by atoms with Crippen LogP contribution in [-0.4, -0.2) is 30.5 Å². The van der Waals surface area contributed by atoms with Crippen LogP contribution >= 0.6 is 7.29 Å². The van der Waals surface area contributed by atoms with Gasteiger partial charge in [-0.05, 0) is 78.6 Å². The molecule has 0 bridgehead atoms. The zero-order valence-electron chi connectivity index (χ0n) is 22.7. The lowest BCUT2D eigenvalue weighted by Crippen LogP contribution is -2.20. The van der Waals surface area contributed by atoms with E-state index in [2.05, 4.69) is 30.1 Å². The number of pyridine rings is 1. The van der Waals surface area contributed by atoms with Gasteiger partial charge in [0.1, 0.15) is 11.6 Å². The maximum atomic E-state index is 13.5. The molecule has 0 amide bonds. The fourth-order valence-electron chi connectivity index (χ4n) is 4.39. The van der Waals surface area contributed by atoms with Crippen molar-refractivity contribution in [3.05, 3.63) is 102 Å². The molecular weight excluding hydrogens is 508 g/mol. The zero-order chi connectivity index (χ0) is 27.8. The molecule has 0 fully saturated rings. The minimum atomic E-state index is -3.05. The number of nitrogens with zero attached hydrogens (tertiary/aromatic N) is 2. The number of hydrogen-bond acceptors (Lipinski definition) is 4. The number of benzene rings is 3. The first kappa shape index (κ1) is 28.4. The number of aliphatic imine (C=N–C) groups is 1. The molecule has 202 valence electrons. The van der Waals surface area contributed by atoms with Gasteiger partial charge in [0.2, 0.25) is 0 Å². The SMILES string of the molecule is CCCOc1ccc(C=NCCc2cc(P(N)(=O)CC)c(C)c(-c3ccc(F)cc3)n2)cc1-c1ccccc1. The Morgan fingerprint density at radius 2 is 1.74 bits per heavy atom. The molecule has 0 aliphatic heterocycles. The van der Waals surface area contributed by atoms with Gasteiger partial charge in [0.15, 0.2) is 7.29 Å².